The third-order valence-corrected chi connectivity index (χ3v) is 8.44. The molecule has 2 fully saturated rings. The molecule has 0 aliphatic carbocycles. The van der Waals surface area contributed by atoms with Gasteiger partial charge >= 0.3 is 0 Å². The van der Waals surface area contributed by atoms with Crippen molar-refractivity contribution in [2.75, 3.05) is 18.6 Å². The van der Waals surface area contributed by atoms with Gasteiger partial charge in [-0.05, 0) is 23.8 Å². The van der Waals surface area contributed by atoms with E-state index in [9.17, 15) is 17.6 Å². The van der Waals surface area contributed by atoms with E-state index in [-0.39, 0.29) is 40.9 Å². The number of methoxy groups -OCH3 is 1. The number of para-hydroxylation sites is 1. The molecule has 2 aliphatic rings. The molecule has 0 saturated carbocycles. The summed E-state index contributed by atoms with van der Waals surface area (Å²) >= 11 is 1.33. The van der Waals surface area contributed by atoms with Gasteiger partial charge in [-0.25, -0.2) is 12.8 Å². The first-order chi connectivity index (χ1) is 14.3. The fourth-order valence-corrected chi connectivity index (χ4v) is 7.73. The Balaban J connectivity index is 1.58. The molecule has 2 aromatic rings. The maximum Gasteiger partial charge on any atom is 0.252 e. The largest absolute Gasteiger partial charge is 0.496 e. The summed E-state index contributed by atoms with van der Waals surface area (Å²) in [5.74, 6) is 0.0648. The highest BCUT2D eigenvalue weighted by atomic mass is 32.2. The highest BCUT2D eigenvalue weighted by Gasteiger charge is 2.48. The Morgan fingerprint density at radius 1 is 1.20 bits per heavy atom. The number of hydrogen-bond donors (Lipinski definition) is 0. The minimum atomic E-state index is -3.13. The second-order valence-electron chi connectivity index (χ2n) is 7.33. The number of carbonyl (C=O) groups is 1. The van der Waals surface area contributed by atoms with Crippen LogP contribution in [0.2, 0.25) is 0 Å². The summed E-state index contributed by atoms with van der Waals surface area (Å²) in [4.78, 5) is 18.9. The number of hydrogen-bond acceptors (Lipinski definition) is 5. The van der Waals surface area contributed by atoms with Crippen molar-refractivity contribution < 1.29 is 22.3 Å². The predicted molar refractivity (Wildman–Crippen MR) is 115 cm³/mol. The number of sulfone groups is 1. The van der Waals surface area contributed by atoms with E-state index in [2.05, 4.69) is 4.99 Å². The predicted octanol–water partition coefficient (Wildman–Crippen LogP) is 2.67. The van der Waals surface area contributed by atoms with E-state index in [0.717, 1.165) is 11.1 Å². The summed E-state index contributed by atoms with van der Waals surface area (Å²) in [6.07, 6.45) is 0.0894. The van der Waals surface area contributed by atoms with Crippen LogP contribution >= 0.6 is 11.8 Å². The number of benzene rings is 2. The van der Waals surface area contributed by atoms with Crippen molar-refractivity contribution in [1.29, 1.82) is 0 Å². The van der Waals surface area contributed by atoms with E-state index in [1.165, 1.54) is 23.9 Å². The average molecular weight is 449 g/mol. The zero-order chi connectivity index (χ0) is 21.3. The van der Waals surface area contributed by atoms with E-state index in [1.807, 2.05) is 23.1 Å². The Hall–Kier alpha value is -2.39. The average Bonchev–Trinajstić information content (AvgIpc) is 3.16. The van der Waals surface area contributed by atoms with Gasteiger partial charge in [-0.1, -0.05) is 42.1 Å². The van der Waals surface area contributed by atoms with Crippen LogP contribution in [0.5, 0.6) is 5.75 Å². The second kappa shape index (κ2) is 8.39. The monoisotopic (exact) mass is 448 g/mol. The van der Waals surface area contributed by atoms with E-state index in [1.54, 1.807) is 25.3 Å². The molecule has 0 radical (unpaired) electrons. The number of nitrogens with zero attached hydrogens (tertiary/aromatic N) is 2. The topological polar surface area (TPSA) is 76.0 Å². The fourth-order valence-electron chi connectivity index (χ4n) is 3.77. The number of ether oxygens (including phenoxy) is 1. The van der Waals surface area contributed by atoms with E-state index >= 15 is 0 Å². The van der Waals surface area contributed by atoms with Crippen LogP contribution < -0.4 is 4.74 Å². The lowest BCUT2D eigenvalue weighted by molar-refractivity contribution is -0.117. The summed E-state index contributed by atoms with van der Waals surface area (Å²) in [7, 11) is -1.58. The molecule has 2 aromatic carbocycles. The molecule has 0 aromatic heterocycles. The molecule has 9 heteroatoms. The first kappa shape index (κ1) is 20.9. The molecule has 4 rings (SSSR count). The van der Waals surface area contributed by atoms with Crippen molar-refractivity contribution in [2.24, 2.45) is 4.99 Å². The van der Waals surface area contributed by atoms with Crippen LogP contribution in [0.4, 0.5) is 4.39 Å². The summed E-state index contributed by atoms with van der Waals surface area (Å²) in [6.45, 7) is 0.366. The number of rotatable bonds is 5. The molecule has 2 atom stereocenters. The van der Waals surface area contributed by atoms with Gasteiger partial charge in [-0.3, -0.25) is 4.79 Å². The quantitative estimate of drug-likeness (QED) is 0.700. The van der Waals surface area contributed by atoms with Gasteiger partial charge < -0.3 is 9.64 Å². The molecule has 2 saturated heterocycles. The Morgan fingerprint density at radius 2 is 1.93 bits per heavy atom. The van der Waals surface area contributed by atoms with Crippen LogP contribution in [-0.4, -0.2) is 54.3 Å². The van der Waals surface area contributed by atoms with Gasteiger partial charge in [-0.2, -0.15) is 4.99 Å². The number of fused-ring (bicyclic) bond motifs is 1. The molecule has 6 nitrogen and oxygen atoms in total. The standard InChI is InChI=1S/C21H21FN2O4S2/c1-28-18-5-3-2-4-15(18)10-20(25)23-21-24(11-14-6-8-16(22)9-7-14)17-12-30(26,27)13-19(17)29-21/h2-9,17,19H,10-13H2,1H3/t17-,19+/m1/s1. The van der Waals surface area contributed by atoms with Crippen molar-refractivity contribution in [3.63, 3.8) is 0 Å². The van der Waals surface area contributed by atoms with Gasteiger partial charge in [0.05, 0.1) is 31.1 Å². The van der Waals surface area contributed by atoms with E-state index in [0.29, 0.717) is 17.5 Å². The first-order valence-corrected chi connectivity index (χ1v) is 12.2. The SMILES string of the molecule is COc1ccccc1CC(=O)N=C1S[C@H]2CS(=O)(=O)C[C@H]2N1Cc1ccc(F)cc1. The van der Waals surface area contributed by atoms with Crippen molar-refractivity contribution in [3.05, 3.63) is 65.5 Å². The second-order valence-corrected chi connectivity index (χ2v) is 10.7. The lowest BCUT2D eigenvalue weighted by Crippen LogP contribution is -2.37. The Kier molecular flexibility index (Phi) is 5.84. The molecule has 158 valence electrons. The lowest BCUT2D eigenvalue weighted by Gasteiger charge is -2.24. The van der Waals surface area contributed by atoms with Gasteiger partial charge in [0.25, 0.3) is 5.91 Å². The molecule has 2 heterocycles. The molecule has 0 bridgehead atoms. The third kappa shape index (κ3) is 4.52. The molecule has 1 amide bonds. The normalized spacial score (nSPS) is 23.5. The molecule has 30 heavy (non-hydrogen) atoms. The summed E-state index contributed by atoms with van der Waals surface area (Å²) < 4.78 is 42.8. The smallest absolute Gasteiger partial charge is 0.252 e. The van der Waals surface area contributed by atoms with Gasteiger partial charge in [-0.15, -0.1) is 0 Å². The molecule has 0 N–H and O–H groups in total. The van der Waals surface area contributed by atoms with Gasteiger partial charge in [0, 0.05) is 17.4 Å². The first-order valence-electron chi connectivity index (χ1n) is 9.46. The highest BCUT2D eigenvalue weighted by Crippen LogP contribution is 2.39. The minimum absolute atomic E-state index is 0.0333. The Labute approximate surface area is 179 Å². The molecular formula is C21H21FN2O4S2. The van der Waals surface area contributed by atoms with Crippen LogP contribution in [0.15, 0.2) is 53.5 Å². The third-order valence-electron chi connectivity index (χ3n) is 5.20. The summed E-state index contributed by atoms with van der Waals surface area (Å²) in [6, 6.07) is 13.1. The van der Waals surface area contributed by atoms with Crippen molar-refractivity contribution in [1.82, 2.24) is 4.90 Å². The number of aliphatic imine (C=N–C) groups is 1. The van der Waals surface area contributed by atoms with E-state index < -0.39 is 9.84 Å². The zero-order valence-corrected chi connectivity index (χ0v) is 18.0. The molecule has 0 unspecified atom stereocenters. The van der Waals surface area contributed by atoms with E-state index in [4.69, 9.17) is 4.74 Å². The van der Waals surface area contributed by atoms with Gasteiger partial charge in [0.1, 0.15) is 11.6 Å². The van der Waals surface area contributed by atoms with Crippen LogP contribution in [0.3, 0.4) is 0 Å². The van der Waals surface area contributed by atoms with Crippen LogP contribution in [0, 0.1) is 5.82 Å². The number of amides is 1. The molecular weight excluding hydrogens is 427 g/mol. The zero-order valence-electron chi connectivity index (χ0n) is 16.3. The summed E-state index contributed by atoms with van der Waals surface area (Å²) in [5, 5.41) is 0.359. The minimum Gasteiger partial charge on any atom is -0.496 e. The fraction of sp³-hybridized carbons (Fsp3) is 0.333. The summed E-state index contributed by atoms with van der Waals surface area (Å²) in [5.41, 5.74) is 1.57. The number of halogens is 1. The van der Waals surface area contributed by atoms with Gasteiger partial charge in [0.2, 0.25) is 0 Å². The number of amidine groups is 1. The van der Waals surface area contributed by atoms with Crippen molar-refractivity contribution in [2.45, 2.75) is 24.3 Å². The highest BCUT2D eigenvalue weighted by molar-refractivity contribution is 8.15. The number of thioether (sulfide) groups is 1. The molecule has 2 aliphatic heterocycles. The maximum atomic E-state index is 13.3. The van der Waals surface area contributed by atoms with Crippen molar-refractivity contribution >= 4 is 32.7 Å². The molecule has 0 spiro atoms. The van der Waals surface area contributed by atoms with Crippen LogP contribution in [-0.2, 0) is 27.6 Å². The van der Waals surface area contributed by atoms with Crippen LogP contribution in [0.25, 0.3) is 0 Å². The van der Waals surface area contributed by atoms with Crippen molar-refractivity contribution in [3.8, 4) is 5.75 Å². The maximum absolute atomic E-state index is 13.3. The Morgan fingerprint density at radius 3 is 2.67 bits per heavy atom. The lowest BCUT2D eigenvalue weighted by atomic mass is 10.1. The number of carbonyl (C=O) groups excluding carboxylic acids is 1. The van der Waals surface area contributed by atoms with Crippen LogP contribution in [0.1, 0.15) is 11.1 Å². The Bertz CT molecular complexity index is 1090. The van der Waals surface area contributed by atoms with Gasteiger partial charge in [0.15, 0.2) is 15.0 Å².